The Balaban J connectivity index is 2.04. The molecule has 2 rings (SSSR count). The zero-order valence-corrected chi connectivity index (χ0v) is 13.8. The summed E-state index contributed by atoms with van der Waals surface area (Å²) >= 11 is 0. The first kappa shape index (κ1) is 18.6. The molecule has 1 N–H and O–H groups in total. The number of rotatable bonds is 8. The molecule has 0 atom stereocenters. The highest BCUT2D eigenvalue weighted by atomic mass is 16.6. The summed E-state index contributed by atoms with van der Waals surface area (Å²) in [7, 11) is 0. The molecule has 1 aromatic heterocycles. The van der Waals surface area contributed by atoms with Crippen molar-refractivity contribution in [1.82, 2.24) is 4.98 Å². The molecule has 2 aromatic rings. The van der Waals surface area contributed by atoms with Crippen LogP contribution in [0.15, 0.2) is 48.7 Å². The molecule has 0 unspecified atom stereocenters. The van der Waals surface area contributed by atoms with Crippen LogP contribution in [0.5, 0.6) is 5.75 Å². The van der Waals surface area contributed by atoms with Gasteiger partial charge in [0.2, 0.25) is 5.91 Å². The first-order valence-corrected chi connectivity index (χ1v) is 7.79. The van der Waals surface area contributed by atoms with Crippen LogP contribution in [0.3, 0.4) is 0 Å². The Morgan fingerprint density at radius 2 is 2.15 bits per heavy atom. The number of ether oxygens (including phenoxy) is 1. The standard InChI is InChI=1S/C18H16N4O4/c19-11-3-4-13-26-16-8-5-12-20-18(16)21-17(23)10-9-14-6-1-2-7-15(14)22(24)25/h1-2,5-10,12H,3-4,13H2,(H,20,21,23)/b10-9+. The van der Waals surface area contributed by atoms with E-state index in [1.165, 1.54) is 24.4 Å². The number of nitro groups is 1. The van der Waals surface area contributed by atoms with Crippen LogP contribution in [0, 0.1) is 21.4 Å². The fraction of sp³-hybridized carbons (Fsp3) is 0.167. The van der Waals surface area contributed by atoms with Gasteiger partial charge in [-0.05, 0) is 30.7 Å². The number of aromatic nitrogens is 1. The third kappa shape index (κ3) is 5.42. The monoisotopic (exact) mass is 352 g/mol. The van der Waals surface area contributed by atoms with Crippen molar-refractivity contribution in [2.24, 2.45) is 0 Å². The largest absolute Gasteiger partial charge is 0.490 e. The molecule has 0 aliphatic carbocycles. The summed E-state index contributed by atoms with van der Waals surface area (Å²) in [6.07, 6.45) is 5.00. The molecule has 1 amide bonds. The molecule has 1 heterocycles. The van der Waals surface area contributed by atoms with Gasteiger partial charge in [-0.1, -0.05) is 12.1 Å². The van der Waals surface area contributed by atoms with Gasteiger partial charge in [0.1, 0.15) is 0 Å². The number of hydrogen-bond acceptors (Lipinski definition) is 6. The van der Waals surface area contributed by atoms with Crippen LogP contribution in [0.4, 0.5) is 11.5 Å². The number of pyridine rings is 1. The molecular weight excluding hydrogens is 336 g/mol. The van der Waals surface area contributed by atoms with Gasteiger partial charge >= 0.3 is 0 Å². The molecule has 8 nitrogen and oxygen atoms in total. The summed E-state index contributed by atoms with van der Waals surface area (Å²) in [5.74, 6) is 0.128. The number of nitrogens with one attached hydrogen (secondary N) is 1. The highest BCUT2D eigenvalue weighted by molar-refractivity contribution is 6.02. The van der Waals surface area contributed by atoms with Gasteiger partial charge in [-0.25, -0.2) is 4.98 Å². The van der Waals surface area contributed by atoms with Crippen molar-refractivity contribution in [1.29, 1.82) is 5.26 Å². The van der Waals surface area contributed by atoms with Crippen molar-refractivity contribution >= 4 is 23.5 Å². The van der Waals surface area contributed by atoms with Gasteiger partial charge in [0.25, 0.3) is 5.69 Å². The number of nitro benzene ring substituents is 1. The molecule has 0 aliphatic heterocycles. The van der Waals surface area contributed by atoms with Gasteiger partial charge < -0.3 is 10.1 Å². The first-order chi connectivity index (χ1) is 12.6. The third-order valence-corrected chi connectivity index (χ3v) is 3.25. The molecule has 0 aliphatic rings. The maximum absolute atomic E-state index is 12.1. The Morgan fingerprint density at radius 1 is 1.35 bits per heavy atom. The molecule has 26 heavy (non-hydrogen) atoms. The number of nitriles is 1. The lowest BCUT2D eigenvalue weighted by Gasteiger charge is -2.09. The Kier molecular flexibility index (Phi) is 6.83. The number of unbranched alkanes of at least 4 members (excludes halogenated alkanes) is 1. The van der Waals surface area contributed by atoms with Crippen LogP contribution in [-0.2, 0) is 4.79 Å². The number of para-hydroxylation sites is 1. The predicted octanol–water partition coefficient (Wildman–Crippen LogP) is 3.32. The van der Waals surface area contributed by atoms with E-state index in [1.807, 2.05) is 6.07 Å². The van der Waals surface area contributed by atoms with E-state index in [0.29, 0.717) is 30.8 Å². The molecule has 0 bridgehead atoms. The fourth-order valence-electron chi connectivity index (χ4n) is 2.05. The summed E-state index contributed by atoms with van der Waals surface area (Å²) in [6.45, 7) is 0.328. The van der Waals surface area contributed by atoms with Crippen LogP contribution in [0.2, 0.25) is 0 Å². The van der Waals surface area contributed by atoms with E-state index < -0.39 is 10.8 Å². The van der Waals surface area contributed by atoms with Crippen molar-refractivity contribution in [3.63, 3.8) is 0 Å². The van der Waals surface area contributed by atoms with Crippen LogP contribution >= 0.6 is 0 Å². The highest BCUT2D eigenvalue weighted by Crippen LogP contribution is 2.22. The predicted molar refractivity (Wildman–Crippen MR) is 95.3 cm³/mol. The maximum atomic E-state index is 12.1. The lowest BCUT2D eigenvalue weighted by Crippen LogP contribution is -2.11. The Morgan fingerprint density at radius 3 is 2.92 bits per heavy atom. The van der Waals surface area contributed by atoms with E-state index in [0.717, 1.165) is 0 Å². The van der Waals surface area contributed by atoms with Gasteiger partial charge in [0.05, 0.1) is 23.2 Å². The summed E-state index contributed by atoms with van der Waals surface area (Å²) in [4.78, 5) is 26.6. The summed E-state index contributed by atoms with van der Waals surface area (Å²) in [5.41, 5.74) is 0.234. The van der Waals surface area contributed by atoms with Crippen LogP contribution in [0.1, 0.15) is 18.4 Å². The summed E-state index contributed by atoms with van der Waals surface area (Å²) in [6, 6.07) is 11.5. The van der Waals surface area contributed by atoms with Crippen LogP contribution < -0.4 is 10.1 Å². The molecule has 8 heteroatoms. The molecule has 1 aromatic carbocycles. The maximum Gasteiger partial charge on any atom is 0.276 e. The molecular formula is C18H16N4O4. The van der Waals surface area contributed by atoms with Crippen molar-refractivity contribution in [3.05, 3.63) is 64.3 Å². The fourth-order valence-corrected chi connectivity index (χ4v) is 2.05. The Hall–Kier alpha value is -3.73. The van der Waals surface area contributed by atoms with Crippen molar-refractivity contribution < 1.29 is 14.5 Å². The number of carbonyl (C=O) groups excluding carboxylic acids is 1. The highest BCUT2D eigenvalue weighted by Gasteiger charge is 2.11. The molecule has 0 saturated heterocycles. The quantitative estimate of drug-likeness (QED) is 0.337. The minimum Gasteiger partial charge on any atom is -0.490 e. The average Bonchev–Trinajstić information content (AvgIpc) is 2.65. The summed E-state index contributed by atoms with van der Waals surface area (Å²) in [5, 5.41) is 22.1. The second-order valence-corrected chi connectivity index (χ2v) is 5.10. The van der Waals surface area contributed by atoms with Crippen molar-refractivity contribution in [3.8, 4) is 11.8 Å². The lowest BCUT2D eigenvalue weighted by molar-refractivity contribution is -0.385. The summed E-state index contributed by atoms with van der Waals surface area (Å²) < 4.78 is 5.51. The lowest BCUT2D eigenvalue weighted by atomic mass is 10.1. The van der Waals surface area contributed by atoms with E-state index in [-0.39, 0.29) is 11.5 Å². The van der Waals surface area contributed by atoms with Crippen LogP contribution in [-0.4, -0.2) is 22.4 Å². The van der Waals surface area contributed by atoms with E-state index >= 15 is 0 Å². The first-order valence-electron chi connectivity index (χ1n) is 7.79. The van der Waals surface area contributed by atoms with E-state index in [9.17, 15) is 14.9 Å². The normalized spacial score (nSPS) is 10.3. The number of anilines is 1. The third-order valence-electron chi connectivity index (χ3n) is 3.25. The minimum atomic E-state index is -0.510. The molecule has 0 saturated carbocycles. The van der Waals surface area contributed by atoms with Crippen LogP contribution in [0.25, 0.3) is 6.08 Å². The van der Waals surface area contributed by atoms with Gasteiger partial charge in [-0.2, -0.15) is 5.26 Å². The SMILES string of the molecule is N#CCCCOc1cccnc1NC(=O)/C=C/c1ccccc1[N+](=O)[O-]. The van der Waals surface area contributed by atoms with E-state index in [1.54, 1.807) is 30.3 Å². The zero-order chi connectivity index (χ0) is 18.8. The topological polar surface area (TPSA) is 118 Å². The number of amides is 1. The smallest absolute Gasteiger partial charge is 0.276 e. The second kappa shape index (κ2) is 9.54. The van der Waals surface area contributed by atoms with Gasteiger partial charge in [0.15, 0.2) is 11.6 Å². The molecule has 0 spiro atoms. The van der Waals surface area contributed by atoms with E-state index in [2.05, 4.69) is 10.3 Å². The second-order valence-electron chi connectivity index (χ2n) is 5.10. The molecule has 132 valence electrons. The van der Waals surface area contributed by atoms with Crippen molar-refractivity contribution in [2.45, 2.75) is 12.8 Å². The van der Waals surface area contributed by atoms with Crippen molar-refractivity contribution in [2.75, 3.05) is 11.9 Å². The molecule has 0 radical (unpaired) electrons. The average molecular weight is 352 g/mol. The zero-order valence-electron chi connectivity index (χ0n) is 13.8. The Bertz CT molecular complexity index is 858. The number of benzene rings is 1. The number of carbonyl (C=O) groups is 1. The van der Waals surface area contributed by atoms with Gasteiger partial charge in [-0.3, -0.25) is 14.9 Å². The van der Waals surface area contributed by atoms with Gasteiger partial charge in [0, 0.05) is 24.8 Å². The number of hydrogen-bond donors (Lipinski definition) is 1. The van der Waals surface area contributed by atoms with Gasteiger partial charge in [-0.15, -0.1) is 0 Å². The Labute approximate surface area is 149 Å². The molecule has 0 fully saturated rings. The number of nitrogens with zero attached hydrogens (tertiary/aromatic N) is 3. The minimum absolute atomic E-state index is 0.0871. The van der Waals surface area contributed by atoms with E-state index in [4.69, 9.17) is 10.00 Å².